The highest BCUT2D eigenvalue weighted by Crippen LogP contribution is 2.23. The second kappa shape index (κ2) is 8.28. The molecule has 24 heavy (non-hydrogen) atoms. The summed E-state index contributed by atoms with van der Waals surface area (Å²) in [5.74, 6) is -0.0215. The van der Waals surface area contributed by atoms with Gasteiger partial charge >= 0.3 is 0 Å². The Kier molecular flexibility index (Phi) is 6.36. The zero-order valence-corrected chi connectivity index (χ0v) is 14.7. The van der Waals surface area contributed by atoms with Crippen LogP contribution < -0.4 is 10.6 Å². The maximum atomic E-state index is 12.3. The monoisotopic (exact) mass is 350 g/mol. The molecule has 130 valence electrons. The van der Waals surface area contributed by atoms with Gasteiger partial charge in [-0.15, -0.1) is 12.4 Å². The number of hydrogen-bond acceptors (Lipinski definition) is 4. The first kappa shape index (κ1) is 18.4. The van der Waals surface area contributed by atoms with Crippen LogP contribution in [-0.4, -0.2) is 41.5 Å². The van der Waals surface area contributed by atoms with E-state index in [1.165, 1.54) is 0 Å². The number of nitrogens with one attached hydrogen (secondary N) is 2. The molecule has 1 saturated heterocycles. The number of halogens is 1. The van der Waals surface area contributed by atoms with Crippen LogP contribution in [0.2, 0.25) is 0 Å². The van der Waals surface area contributed by atoms with E-state index >= 15 is 0 Å². The van der Waals surface area contributed by atoms with E-state index in [0.717, 1.165) is 29.3 Å². The average molecular weight is 351 g/mol. The van der Waals surface area contributed by atoms with Gasteiger partial charge in [0.15, 0.2) is 0 Å². The predicted octanol–water partition coefficient (Wildman–Crippen LogP) is 2.23. The van der Waals surface area contributed by atoms with Crippen molar-refractivity contribution in [1.29, 1.82) is 0 Å². The number of carbonyl (C=O) groups excluding carboxylic acids is 1. The van der Waals surface area contributed by atoms with Crippen LogP contribution in [0.1, 0.15) is 17.8 Å². The van der Waals surface area contributed by atoms with Crippen LogP contribution in [0.3, 0.4) is 0 Å². The number of nitrogens with zero attached hydrogens (tertiary/aromatic N) is 2. The molecule has 1 aromatic carbocycles. The highest BCUT2D eigenvalue weighted by atomic mass is 35.5. The van der Waals surface area contributed by atoms with Gasteiger partial charge in [0, 0.05) is 19.0 Å². The van der Waals surface area contributed by atoms with Crippen molar-refractivity contribution < 1.29 is 9.53 Å². The lowest BCUT2D eigenvalue weighted by Crippen LogP contribution is -2.43. The number of aromatic nitrogens is 2. The SMILES string of the molecule is Cc1nn(-c2ccccc2)c(C)c1NC(=O)CC1COCCN1.Cl. The Morgan fingerprint density at radius 1 is 1.38 bits per heavy atom. The molecule has 1 aliphatic rings. The van der Waals surface area contributed by atoms with E-state index in [4.69, 9.17) is 4.74 Å². The number of ether oxygens (including phenoxy) is 1. The third-order valence-corrected chi connectivity index (χ3v) is 3.99. The summed E-state index contributed by atoms with van der Waals surface area (Å²) < 4.78 is 7.24. The molecule has 0 spiro atoms. The molecular formula is C17H23ClN4O2. The molecule has 0 bridgehead atoms. The number of anilines is 1. The molecule has 0 radical (unpaired) electrons. The fraction of sp³-hybridized carbons (Fsp3) is 0.412. The quantitative estimate of drug-likeness (QED) is 0.887. The van der Waals surface area contributed by atoms with Crippen LogP contribution in [0.5, 0.6) is 0 Å². The first-order valence-corrected chi connectivity index (χ1v) is 7.88. The highest BCUT2D eigenvalue weighted by Gasteiger charge is 2.19. The van der Waals surface area contributed by atoms with E-state index < -0.39 is 0 Å². The van der Waals surface area contributed by atoms with Gasteiger partial charge in [-0.1, -0.05) is 18.2 Å². The molecule has 1 fully saturated rings. The Bertz CT molecular complexity index is 681. The molecule has 1 amide bonds. The van der Waals surface area contributed by atoms with Crippen molar-refractivity contribution in [3.8, 4) is 5.69 Å². The summed E-state index contributed by atoms with van der Waals surface area (Å²) in [6, 6.07) is 9.98. The highest BCUT2D eigenvalue weighted by molar-refractivity contribution is 5.92. The van der Waals surface area contributed by atoms with Gasteiger partial charge < -0.3 is 15.4 Å². The summed E-state index contributed by atoms with van der Waals surface area (Å²) in [6.07, 6.45) is 0.398. The number of carbonyl (C=O) groups is 1. The number of hydrogen-bond donors (Lipinski definition) is 2. The summed E-state index contributed by atoms with van der Waals surface area (Å²) in [5, 5.41) is 10.8. The lowest BCUT2D eigenvalue weighted by Gasteiger charge is -2.23. The molecule has 1 atom stereocenters. The number of para-hydroxylation sites is 1. The van der Waals surface area contributed by atoms with Gasteiger partial charge in [-0.2, -0.15) is 5.10 Å². The van der Waals surface area contributed by atoms with Crippen LogP contribution in [-0.2, 0) is 9.53 Å². The van der Waals surface area contributed by atoms with E-state index in [0.29, 0.717) is 19.6 Å². The van der Waals surface area contributed by atoms with Crippen molar-refractivity contribution in [2.45, 2.75) is 26.3 Å². The van der Waals surface area contributed by atoms with Gasteiger partial charge in [0.05, 0.1) is 36.0 Å². The molecule has 2 N–H and O–H groups in total. The van der Waals surface area contributed by atoms with Crippen LogP contribution in [0.4, 0.5) is 5.69 Å². The molecule has 1 unspecified atom stereocenters. The molecule has 1 aromatic heterocycles. The summed E-state index contributed by atoms with van der Waals surface area (Å²) >= 11 is 0. The number of morpholine rings is 1. The maximum absolute atomic E-state index is 12.3. The second-order valence-electron chi connectivity index (χ2n) is 5.77. The van der Waals surface area contributed by atoms with Crippen LogP contribution >= 0.6 is 12.4 Å². The second-order valence-corrected chi connectivity index (χ2v) is 5.77. The first-order chi connectivity index (χ1) is 11.1. The van der Waals surface area contributed by atoms with Crippen molar-refractivity contribution >= 4 is 24.0 Å². The maximum Gasteiger partial charge on any atom is 0.226 e. The molecule has 0 saturated carbocycles. The standard InChI is InChI=1S/C17H22N4O2.ClH/c1-12-17(19-16(22)10-14-11-23-9-8-18-14)13(2)21(20-12)15-6-4-3-5-7-15;/h3-7,14,18H,8-11H2,1-2H3,(H,19,22);1H. The molecule has 2 aromatic rings. The van der Waals surface area contributed by atoms with Gasteiger partial charge in [0.2, 0.25) is 5.91 Å². The fourth-order valence-electron chi connectivity index (χ4n) is 2.81. The molecule has 1 aliphatic heterocycles. The zero-order chi connectivity index (χ0) is 16.2. The lowest BCUT2D eigenvalue weighted by atomic mass is 10.2. The number of amides is 1. The van der Waals surface area contributed by atoms with E-state index in [2.05, 4.69) is 15.7 Å². The van der Waals surface area contributed by atoms with Crippen molar-refractivity contribution in [3.63, 3.8) is 0 Å². The third kappa shape index (κ3) is 4.14. The summed E-state index contributed by atoms with van der Waals surface area (Å²) in [6.45, 7) is 5.95. The van der Waals surface area contributed by atoms with E-state index in [9.17, 15) is 4.79 Å². The molecule has 6 nitrogen and oxygen atoms in total. The fourth-order valence-corrected chi connectivity index (χ4v) is 2.81. The van der Waals surface area contributed by atoms with Crippen molar-refractivity contribution in [2.75, 3.05) is 25.1 Å². The van der Waals surface area contributed by atoms with Crippen molar-refractivity contribution in [1.82, 2.24) is 15.1 Å². The Morgan fingerprint density at radius 3 is 2.79 bits per heavy atom. The van der Waals surface area contributed by atoms with E-state index in [1.54, 1.807) is 0 Å². The van der Waals surface area contributed by atoms with Gasteiger partial charge in [-0.3, -0.25) is 4.79 Å². The molecule has 3 rings (SSSR count). The van der Waals surface area contributed by atoms with Crippen molar-refractivity contribution in [3.05, 3.63) is 41.7 Å². The van der Waals surface area contributed by atoms with Crippen LogP contribution in [0.25, 0.3) is 5.69 Å². The molecule has 7 heteroatoms. The lowest BCUT2D eigenvalue weighted by molar-refractivity contribution is -0.117. The van der Waals surface area contributed by atoms with Crippen LogP contribution in [0, 0.1) is 13.8 Å². The van der Waals surface area contributed by atoms with Crippen LogP contribution in [0.15, 0.2) is 30.3 Å². The minimum atomic E-state index is -0.0215. The minimum Gasteiger partial charge on any atom is -0.378 e. The smallest absolute Gasteiger partial charge is 0.226 e. The summed E-state index contributed by atoms with van der Waals surface area (Å²) in [7, 11) is 0. The Hall–Kier alpha value is -1.89. The van der Waals surface area contributed by atoms with Gasteiger partial charge in [0.1, 0.15) is 0 Å². The zero-order valence-electron chi connectivity index (χ0n) is 13.9. The first-order valence-electron chi connectivity index (χ1n) is 7.88. The Labute approximate surface area is 148 Å². The van der Waals surface area contributed by atoms with Gasteiger partial charge in [-0.05, 0) is 26.0 Å². The average Bonchev–Trinajstić information content (AvgIpc) is 2.85. The predicted molar refractivity (Wildman–Crippen MR) is 96.1 cm³/mol. The largest absolute Gasteiger partial charge is 0.378 e. The van der Waals surface area contributed by atoms with Gasteiger partial charge in [-0.25, -0.2) is 4.68 Å². The van der Waals surface area contributed by atoms with Crippen molar-refractivity contribution in [2.24, 2.45) is 0 Å². The third-order valence-electron chi connectivity index (χ3n) is 3.99. The number of benzene rings is 1. The number of rotatable bonds is 4. The van der Waals surface area contributed by atoms with Gasteiger partial charge in [0.25, 0.3) is 0 Å². The van der Waals surface area contributed by atoms with E-state index in [1.807, 2.05) is 48.9 Å². The Morgan fingerprint density at radius 2 is 2.12 bits per heavy atom. The minimum absolute atomic E-state index is 0. The normalized spacial score (nSPS) is 17.2. The molecule has 0 aliphatic carbocycles. The number of aryl methyl sites for hydroxylation is 1. The summed E-state index contributed by atoms with van der Waals surface area (Å²) in [5.41, 5.74) is 3.51. The van der Waals surface area contributed by atoms with E-state index in [-0.39, 0.29) is 24.4 Å². The molecular weight excluding hydrogens is 328 g/mol. The Balaban J connectivity index is 0.00000208. The summed E-state index contributed by atoms with van der Waals surface area (Å²) in [4.78, 5) is 12.3. The molecule has 2 heterocycles. The topological polar surface area (TPSA) is 68.2 Å².